The van der Waals surface area contributed by atoms with E-state index in [1.807, 2.05) is 4.90 Å². The number of benzene rings is 1. The first-order chi connectivity index (χ1) is 13.1. The Morgan fingerprint density at radius 1 is 0.926 bits per heavy atom. The van der Waals surface area contributed by atoms with E-state index in [0.717, 1.165) is 25.9 Å². The maximum absolute atomic E-state index is 12.7. The average Bonchev–Trinajstić information content (AvgIpc) is 2.73. The zero-order valence-corrected chi connectivity index (χ0v) is 14.6. The van der Waals surface area contributed by atoms with Gasteiger partial charge in [-0.25, -0.2) is 14.8 Å². The third kappa shape index (κ3) is 3.48. The highest BCUT2D eigenvalue weighted by molar-refractivity contribution is 5.97. The molecule has 1 aromatic carbocycles. The second-order valence-corrected chi connectivity index (χ2v) is 6.55. The fraction of sp³-hybridized carbons (Fsp3) is 0.250. The number of pyridine rings is 1. The summed E-state index contributed by atoms with van der Waals surface area (Å²) >= 11 is 0. The molecule has 0 radical (unpaired) electrons. The lowest BCUT2D eigenvalue weighted by Crippen LogP contribution is -2.35. The number of carboxylic acid groups (broad SMARTS) is 1. The first-order valence-corrected chi connectivity index (χ1v) is 8.87. The highest BCUT2D eigenvalue weighted by atomic mass is 16.4. The van der Waals surface area contributed by atoms with Crippen LogP contribution in [0.2, 0.25) is 0 Å². The number of rotatable bonds is 3. The van der Waals surface area contributed by atoms with Crippen LogP contribution in [0, 0.1) is 0 Å². The van der Waals surface area contributed by atoms with Gasteiger partial charge >= 0.3 is 5.97 Å². The van der Waals surface area contributed by atoms with Crippen LogP contribution < -0.4 is 0 Å². The SMILES string of the molecule is O=C(O)c1ccc(-c2cnc3ccc(C(=O)N4CCCCC4)cc3n2)cn1. The van der Waals surface area contributed by atoms with Crippen LogP contribution in [0.3, 0.4) is 0 Å². The van der Waals surface area contributed by atoms with Gasteiger partial charge in [0.05, 0.1) is 22.9 Å². The van der Waals surface area contributed by atoms with Gasteiger partial charge in [0.1, 0.15) is 5.69 Å². The molecule has 1 amide bonds. The topological polar surface area (TPSA) is 96.3 Å². The maximum Gasteiger partial charge on any atom is 0.354 e. The summed E-state index contributed by atoms with van der Waals surface area (Å²) in [5.41, 5.74) is 3.15. The smallest absolute Gasteiger partial charge is 0.354 e. The first-order valence-electron chi connectivity index (χ1n) is 8.87. The van der Waals surface area contributed by atoms with E-state index in [9.17, 15) is 9.59 Å². The highest BCUT2D eigenvalue weighted by Gasteiger charge is 2.18. The number of likely N-dealkylation sites (tertiary alicyclic amines) is 1. The summed E-state index contributed by atoms with van der Waals surface area (Å²) in [4.78, 5) is 38.4. The molecular weight excluding hydrogens is 344 g/mol. The van der Waals surface area contributed by atoms with Crippen molar-refractivity contribution in [2.24, 2.45) is 0 Å². The molecule has 136 valence electrons. The van der Waals surface area contributed by atoms with Crippen LogP contribution in [-0.4, -0.2) is 49.9 Å². The lowest BCUT2D eigenvalue weighted by Gasteiger charge is -2.26. The van der Waals surface area contributed by atoms with Crippen LogP contribution in [0.15, 0.2) is 42.7 Å². The average molecular weight is 362 g/mol. The number of aromatic nitrogens is 3. The molecule has 1 fully saturated rings. The number of carbonyl (C=O) groups excluding carboxylic acids is 1. The second kappa shape index (κ2) is 7.11. The fourth-order valence-corrected chi connectivity index (χ4v) is 3.24. The molecule has 0 saturated carbocycles. The molecule has 0 spiro atoms. The van der Waals surface area contributed by atoms with E-state index in [0.29, 0.717) is 27.9 Å². The molecule has 1 aliphatic heterocycles. The van der Waals surface area contributed by atoms with E-state index in [-0.39, 0.29) is 11.6 Å². The lowest BCUT2D eigenvalue weighted by molar-refractivity contribution is 0.0688. The summed E-state index contributed by atoms with van der Waals surface area (Å²) in [6.07, 6.45) is 6.34. The third-order valence-electron chi connectivity index (χ3n) is 4.71. The van der Waals surface area contributed by atoms with E-state index in [1.165, 1.54) is 18.7 Å². The van der Waals surface area contributed by atoms with Gasteiger partial charge in [0.2, 0.25) is 0 Å². The number of fused-ring (bicyclic) bond motifs is 1. The van der Waals surface area contributed by atoms with Gasteiger partial charge in [-0.2, -0.15) is 0 Å². The molecule has 4 rings (SSSR count). The van der Waals surface area contributed by atoms with Crippen molar-refractivity contribution in [3.05, 3.63) is 54.0 Å². The Balaban J connectivity index is 1.66. The van der Waals surface area contributed by atoms with Crippen molar-refractivity contribution >= 4 is 22.9 Å². The largest absolute Gasteiger partial charge is 0.477 e. The summed E-state index contributed by atoms with van der Waals surface area (Å²) in [5, 5.41) is 8.95. The molecule has 7 nitrogen and oxygen atoms in total. The van der Waals surface area contributed by atoms with Crippen LogP contribution in [0.1, 0.15) is 40.1 Å². The third-order valence-corrected chi connectivity index (χ3v) is 4.71. The fourth-order valence-electron chi connectivity index (χ4n) is 3.24. The van der Waals surface area contributed by atoms with E-state index in [4.69, 9.17) is 5.11 Å². The van der Waals surface area contributed by atoms with Crippen molar-refractivity contribution in [1.29, 1.82) is 0 Å². The molecule has 0 aliphatic carbocycles. The van der Waals surface area contributed by atoms with Gasteiger partial charge in [-0.3, -0.25) is 9.78 Å². The number of carboxylic acids is 1. The Labute approximate surface area is 155 Å². The number of nitrogens with zero attached hydrogens (tertiary/aromatic N) is 4. The number of amides is 1. The quantitative estimate of drug-likeness (QED) is 0.769. The zero-order valence-electron chi connectivity index (χ0n) is 14.6. The van der Waals surface area contributed by atoms with Crippen molar-refractivity contribution in [2.45, 2.75) is 19.3 Å². The molecule has 0 atom stereocenters. The number of carbonyl (C=O) groups is 2. The van der Waals surface area contributed by atoms with E-state index < -0.39 is 5.97 Å². The zero-order chi connectivity index (χ0) is 18.8. The first kappa shape index (κ1) is 17.1. The molecule has 27 heavy (non-hydrogen) atoms. The van der Waals surface area contributed by atoms with Gasteiger partial charge in [-0.15, -0.1) is 0 Å². The van der Waals surface area contributed by atoms with E-state index >= 15 is 0 Å². The number of aromatic carboxylic acids is 1. The number of piperidine rings is 1. The Bertz CT molecular complexity index is 1010. The van der Waals surface area contributed by atoms with Crippen LogP contribution in [0.4, 0.5) is 0 Å². The van der Waals surface area contributed by atoms with Crippen molar-refractivity contribution in [1.82, 2.24) is 19.9 Å². The molecule has 3 aromatic rings. The molecule has 3 heterocycles. The van der Waals surface area contributed by atoms with Gasteiger partial charge in [0.25, 0.3) is 5.91 Å². The van der Waals surface area contributed by atoms with Crippen molar-refractivity contribution in [3.63, 3.8) is 0 Å². The predicted octanol–water partition coefficient (Wildman–Crippen LogP) is 3.02. The Kier molecular flexibility index (Phi) is 4.50. The van der Waals surface area contributed by atoms with Crippen LogP contribution in [0.5, 0.6) is 0 Å². The normalized spacial score (nSPS) is 14.3. The van der Waals surface area contributed by atoms with Crippen molar-refractivity contribution < 1.29 is 14.7 Å². The Morgan fingerprint density at radius 3 is 2.44 bits per heavy atom. The Morgan fingerprint density at radius 2 is 1.74 bits per heavy atom. The summed E-state index contributed by atoms with van der Waals surface area (Å²) in [6.45, 7) is 1.59. The van der Waals surface area contributed by atoms with Crippen LogP contribution >= 0.6 is 0 Å². The number of hydrogen-bond donors (Lipinski definition) is 1. The molecular formula is C20H18N4O3. The molecule has 0 unspecified atom stereocenters. The predicted molar refractivity (Wildman–Crippen MR) is 99.5 cm³/mol. The minimum atomic E-state index is -1.08. The molecule has 1 saturated heterocycles. The Hall–Kier alpha value is -3.35. The minimum absolute atomic E-state index is 0.0243. The van der Waals surface area contributed by atoms with Crippen molar-refractivity contribution in [3.8, 4) is 11.3 Å². The van der Waals surface area contributed by atoms with Gasteiger partial charge in [0.15, 0.2) is 0 Å². The maximum atomic E-state index is 12.7. The van der Waals surface area contributed by atoms with Gasteiger partial charge in [0, 0.05) is 30.4 Å². The van der Waals surface area contributed by atoms with Crippen LogP contribution in [-0.2, 0) is 0 Å². The summed E-state index contributed by atoms with van der Waals surface area (Å²) < 4.78 is 0. The minimum Gasteiger partial charge on any atom is -0.477 e. The van der Waals surface area contributed by atoms with E-state index in [2.05, 4.69) is 15.0 Å². The lowest BCUT2D eigenvalue weighted by atomic mass is 10.1. The second-order valence-electron chi connectivity index (χ2n) is 6.55. The number of hydrogen-bond acceptors (Lipinski definition) is 5. The summed E-state index contributed by atoms with van der Waals surface area (Å²) in [5.74, 6) is -1.05. The van der Waals surface area contributed by atoms with Gasteiger partial charge in [-0.1, -0.05) is 0 Å². The van der Waals surface area contributed by atoms with Crippen LogP contribution in [0.25, 0.3) is 22.3 Å². The highest BCUT2D eigenvalue weighted by Crippen LogP contribution is 2.21. The summed E-state index contributed by atoms with van der Waals surface area (Å²) in [6, 6.07) is 8.43. The molecule has 7 heteroatoms. The van der Waals surface area contributed by atoms with Gasteiger partial charge in [-0.05, 0) is 49.6 Å². The summed E-state index contributed by atoms with van der Waals surface area (Å²) in [7, 11) is 0. The molecule has 0 bridgehead atoms. The van der Waals surface area contributed by atoms with Crippen molar-refractivity contribution in [2.75, 3.05) is 13.1 Å². The molecule has 2 aromatic heterocycles. The molecule has 1 aliphatic rings. The monoisotopic (exact) mass is 362 g/mol. The van der Waals surface area contributed by atoms with Gasteiger partial charge < -0.3 is 10.0 Å². The standard InChI is InChI=1S/C20H18N4O3/c25-19(24-8-2-1-3-9-24)13-4-6-15-17(10-13)23-18(12-22-15)14-5-7-16(20(26)27)21-11-14/h4-7,10-12H,1-3,8-9H2,(H,26,27). The molecule has 1 N–H and O–H groups in total. The van der Waals surface area contributed by atoms with E-state index in [1.54, 1.807) is 30.5 Å².